The lowest BCUT2D eigenvalue weighted by molar-refractivity contribution is -0.210. The second-order valence-corrected chi connectivity index (χ2v) is 4.51. The van der Waals surface area contributed by atoms with Crippen LogP contribution in [0.4, 0.5) is 0 Å². The topological polar surface area (TPSA) is 91.3 Å². The summed E-state index contributed by atoms with van der Waals surface area (Å²) in [6, 6.07) is 0. The second-order valence-electron chi connectivity index (χ2n) is 2.68. The van der Waals surface area contributed by atoms with Crippen LogP contribution in [0, 0.1) is 0 Å². The molecule has 0 aliphatic carbocycles. The third kappa shape index (κ3) is 10.3. The van der Waals surface area contributed by atoms with Crippen molar-refractivity contribution in [1.29, 1.82) is 0 Å². The number of ether oxygens (including phenoxy) is 2. The molecule has 0 radical (unpaired) electrons. The van der Waals surface area contributed by atoms with Crippen LogP contribution in [0.15, 0.2) is 0 Å². The van der Waals surface area contributed by atoms with E-state index < -0.39 is 10.1 Å². The third-order valence-corrected chi connectivity index (χ3v) is 2.43. The first kappa shape index (κ1) is 15.8. The molecule has 98 valence electrons. The Hall–Kier alpha value is -0.250. The fourth-order valence-electron chi connectivity index (χ4n) is 0.635. The molecule has 16 heavy (non-hydrogen) atoms. The first-order valence-electron chi connectivity index (χ1n) is 4.92. The van der Waals surface area contributed by atoms with Crippen molar-refractivity contribution in [2.24, 2.45) is 0 Å². The van der Waals surface area contributed by atoms with Crippen molar-refractivity contribution in [2.45, 2.75) is 6.92 Å². The Morgan fingerprint density at radius 3 is 2.12 bits per heavy atom. The number of aliphatic hydroxyl groups excluding tert-OH is 1. The van der Waals surface area contributed by atoms with Crippen LogP contribution >= 0.6 is 0 Å². The van der Waals surface area contributed by atoms with E-state index in [2.05, 4.69) is 9.22 Å². The van der Waals surface area contributed by atoms with Gasteiger partial charge >= 0.3 is 0 Å². The molecule has 0 atom stereocenters. The van der Waals surface area contributed by atoms with Gasteiger partial charge in [0.25, 0.3) is 10.1 Å². The monoisotopic (exact) mass is 258 g/mol. The Morgan fingerprint density at radius 2 is 1.56 bits per heavy atom. The molecular formula is C8H18O7S. The summed E-state index contributed by atoms with van der Waals surface area (Å²) >= 11 is 0. The second kappa shape index (κ2) is 9.94. The van der Waals surface area contributed by atoms with Crippen molar-refractivity contribution in [1.82, 2.24) is 0 Å². The minimum absolute atomic E-state index is 0.0220. The SMILES string of the molecule is CCS(=O)(=O)OOCCOCCOCCO. The summed E-state index contributed by atoms with van der Waals surface area (Å²) in [5.41, 5.74) is 0. The predicted octanol–water partition coefficient (Wildman–Crippen LogP) is -0.690. The normalized spacial score (nSPS) is 11.9. The van der Waals surface area contributed by atoms with E-state index in [1.54, 1.807) is 0 Å². The zero-order chi connectivity index (χ0) is 12.3. The van der Waals surface area contributed by atoms with Gasteiger partial charge in [0.1, 0.15) is 6.61 Å². The summed E-state index contributed by atoms with van der Waals surface area (Å²) in [5, 5.41) is 8.38. The van der Waals surface area contributed by atoms with Crippen LogP contribution in [0.2, 0.25) is 0 Å². The zero-order valence-corrected chi connectivity index (χ0v) is 10.1. The molecule has 0 aromatic rings. The highest BCUT2D eigenvalue weighted by atomic mass is 32.2. The van der Waals surface area contributed by atoms with Crippen LogP contribution in [0.1, 0.15) is 6.92 Å². The van der Waals surface area contributed by atoms with Gasteiger partial charge < -0.3 is 14.6 Å². The fraction of sp³-hybridized carbons (Fsp3) is 1.00. The van der Waals surface area contributed by atoms with Gasteiger partial charge in [-0.05, 0) is 6.92 Å². The molecule has 0 rings (SSSR count). The lowest BCUT2D eigenvalue weighted by Crippen LogP contribution is -2.14. The molecule has 1 N–H and O–H groups in total. The molecular weight excluding hydrogens is 240 g/mol. The van der Waals surface area contributed by atoms with Gasteiger partial charge in [-0.15, -0.1) is 4.33 Å². The minimum atomic E-state index is -3.55. The number of aliphatic hydroxyl groups is 1. The maximum atomic E-state index is 10.8. The number of hydrogen-bond donors (Lipinski definition) is 1. The van der Waals surface area contributed by atoms with Crippen molar-refractivity contribution in [3.05, 3.63) is 0 Å². The lowest BCUT2D eigenvalue weighted by Gasteiger charge is -2.05. The Morgan fingerprint density at radius 1 is 1.00 bits per heavy atom. The highest BCUT2D eigenvalue weighted by molar-refractivity contribution is 7.86. The highest BCUT2D eigenvalue weighted by Crippen LogP contribution is 1.93. The average molecular weight is 258 g/mol. The van der Waals surface area contributed by atoms with Crippen LogP contribution in [0.25, 0.3) is 0 Å². The molecule has 0 heterocycles. The largest absolute Gasteiger partial charge is 0.394 e. The molecule has 0 aliphatic rings. The summed E-state index contributed by atoms with van der Waals surface area (Å²) in [4.78, 5) is 4.42. The third-order valence-electron chi connectivity index (χ3n) is 1.42. The quantitative estimate of drug-likeness (QED) is 0.298. The maximum Gasteiger partial charge on any atom is 0.293 e. The summed E-state index contributed by atoms with van der Waals surface area (Å²) in [6.45, 7) is 2.66. The number of hydrogen-bond acceptors (Lipinski definition) is 7. The molecule has 0 aromatic carbocycles. The molecule has 0 aliphatic heterocycles. The van der Waals surface area contributed by atoms with E-state index in [9.17, 15) is 8.42 Å². The van der Waals surface area contributed by atoms with E-state index in [0.717, 1.165) is 0 Å². The molecule has 0 aromatic heterocycles. The van der Waals surface area contributed by atoms with E-state index >= 15 is 0 Å². The van der Waals surface area contributed by atoms with Crippen molar-refractivity contribution in [3.8, 4) is 0 Å². The van der Waals surface area contributed by atoms with Gasteiger partial charge in [-0.1, -0.05) is 0 Å². The van der Waals surface area contributed by atoms with Gasteiger partial charge in [0.2, 0.25) is 0 Å². The van der Waals surface area contributed by atoms with Gasteiger partial charge in [0.05, 0.1) is 38.8 Å². The van der Waals surface area contributed by atoms with E-state index in [-0.39, 0.29) is 32.2 Å². The molecule has 0 unspecified atom stereocenters. The van der Waals surface area contributed by atoms with Crippen molar-refractivity contribution < 1.29 is 32.2 Å². The Labute approximate surface area is 95.3 Å². The molecule has 7 nitrogen and oxygen atoms in total. The van der Waals surface area contributed by atoms with Crippen molar-refractivity contribution >= 4 is 10.1 Å². The summed E-state index contributed by atoms with van der Waals surface area (Å²) in [7, 11) is -3.55. The smallest absolute Gasteiger partial charge is 0.293 e. The summed E-state index contributed by atoms with van der Waals surface area (Å²) in [6.07, 6.45) is 0. The molecule has 0 fully saturated rings. The first-order chi connectivity index (χ1) is 7.62. The van der Waals surface area contributed by atoms with Crippen molar-refractivity contribution in [3.63, 3.8) is 0 Å². The highest BCUT2D eigenvalue weighted by Gasteiger charge is 2.07. The molecule has 0 saturated carbocycles. The van der Waals surface area contributed by atoms with E-state index in [1.165, 1.54) is 6.92 Å². The number of rotatable bonds is 11. The van der Waals surface area contributed by atoms with Crippen LogP contribution in [0.3, 0.4) is 0 Å². The van der Waals surface area contributed by atoms with Crippen LogP contribution in [-0.2, 0) is 28.8 Å². The predicted molar refractivity (Wildman–Crippen MR) is 55.2 cm³/mol. The minimum Gasteiger partial charge on any atom is -0.394 e. The van der Waals surface area contributed by atoms with Gasteiger partial charge in [0, 0.05) is 0 Å². The molecule has 0 saturated heterocycles. The maximum absolute atomic E-state index is 10.8. The Kier molecular flexibility index (Phi) is 9.78. The van der Waals surface area contributed by atoms with Crippen LogP contribution in [0.5, 0.6) is 0 Å². The van der Waals surface area contributed by atoms with Gasteiger partial charge in [-0.3, -0.25) is 0 Å². The van der Waals surface area contributed by atoms with E-state index in [4.69, 9.17) is 14.6 Å². The lowest BCUT2D eigenvalue weighted by atomic mass is 10.7. The van der Waals surface area contributed by atoms with E-state index in [1.807, 2.05) is 0 Å². The van der Waals surface area contributed by atoms with Crippen molar-refractivity contribution in [2.75, 3.05) is 45.4 Å². The molecule has 0 amide bonds. The summed E-state index contributed by atoms with van der Waals surface area (Å²) < 4.78 is 35.6. The standard InChI is InChI=1S/C8H18O7S/c1-2-16(10,11)15-14-8-7-13-6-5-12-4-3-9/h9H,2-8H2,1H3. The Balaban J connectivity index is 3.16. The van der Waals surface area contributed by atoms with Crippen LogP contribution in [-0.4, -0.2) is 58.9 Å². The zero-order valence-electron chi connectivity index (χ0n) is 9.25. The van der Waals surface area contributed by atoms with Gasteiger partial charge in [-0.2, -0.15) is 8.42 Å². The van der Waals surface area contributed by atoms with Gasteiger partial charge in [-0.25, -0.2) is 4.89 Å². The Bertz CT molecular complexity index is 239. The molecule has 8 heteroatoms. The molecule has 0 bridgehead atoms. The van der Waals surface area contributed by atoms with E-state index in [0.29, 0.717) is 13.2 Å². The average Bonchev–Trinajstić information content (AvgIpc) is 2.27. The first-order valence-corrected chi connectivity index (χ1v) is 6.50. The fourth-order valence-corrected chi connectivity index (χ4v) is 0.946. The summed E-state index contributed by atoms with van der Waals surface area (Å²) in [5.74, 6) is -0.136. The molecule has 0 spiro atoms. The van der Waals surface area contributed by atoms with Crippen LogP contribution < -0.4 is 0 Å². The van der Waals surface area contributed by atoms with Gasteiger partial charge in [0.15, 0.2) is 0 Å².